The molecule has 2 heterocycles. The summed E-state index contributed by atoms with van der Waals surface area (Å²) in [6.07, 6.45) is 5.73. The van der Waals surface area contributed by atoms with Crippen molar-refractivity contribution in [2.75, 3.05) is 14.2 Å². The summed E-state index contributed by atoms with van der Waals surface area (Å²) in [4.78, 5) is 20.4. The number of rotatable bonds is 8. The molecule has 0 saturated carbocycles. The largest absolute Gasteiger partial charge is 0.497 e. The Morgan fingerprint density at radius 2 is 1.94 bits per heavy atom. The number of aromatic amines is 1. The molecule has 0 aliphatic rings. The number of hydrogen-bond acceptors (Lipinski definition) is 4. The molecule has 4 aromatic rings. The highest BCUT2D eigenvalue weighted by Gasteiger charge is 2.24. The monoisotopic (exact) mass is 415 g/mol. The number of para-hydroxylation sites is 1. The van der Waals surface area contributed by atoms with Crippen LogP contribution in [0.4, 0.5) is 0 Å². The number of ether oxygens (including phenoxy) is 2. The van der Waals surface area contributed by atoms with Crippen LogP contribution in [0, 0.1) is 0 Å². The van der Waals surface area contributed by atoms with Gasteiger partial charge in [-0.1, -0.05) is 30.3 Å². The van der Waals surface area contributed by atoms with Gasteiger partial charge in [0.1, 0.15) is 11.5 Å². The van der Waals surface area contributed by atoms with Gasteiger partial charge in [-0.05, 0) is 29.3 Å². The van der Waals surface area contributed by atoms with Gasteiger partial charge >= 0.3 is 0 Å². The van der Waals surface area contributed by atoms with Gasteiger partial charge in [-0.2, -0.15) is 0 Å². The van der Waals surface area contributed by atoms with Crippen molar-refractivity contribution in [3.63, 3.8) is 0 Å². The van der Waals surface area contributed by atoms with Gasteiger partial charge in [-0.25, -0.2) is 0 Å². The highest BCUT2D eigenvalue weighted by molar-refractivity contribution is 5.86. The molecule has 0 unspecified atom stereocenters. The number of H-pyrrole nitrogens is 1. The third-order valence-corrected chi connectivity index (χ3v) is 5.41. The van der Waals surface area contributed by atoms with Crippen LogP contribution in [0.25, 0.3) is 10.9 Å². The van der Waals surface area contributed by atoms with E-state index >= 15 is 0 Å². The van der Waals surface area contributed by atoms with Crippen LogP contribution in [0.15, 0.2) is 73.2 Å². The summed E-state index contributed by atoms with van der Waals surface area (Å²) in [5.41, 5.74) is 3.98. The SMILES string of the molecule is COc1ccc([C@H](CC(=O)NCc2cccnc2)c2c[nH]c3ccccc23)c(OC)c1. The van der Waals surface area contributed by atoms with Gasteiger partial charge in [-0.3, -0.25) is 9.78 Å². The minimum absolute atomic E-state index is 0.0444. The van der Waals surface area contributed by atoms with E-state index in [0.29, 0.717) is 18.0 Å². The Morgan fingerprint density at radius 1 is 1.06 bits per heavy atom. The number of hydrogen-bond donors (Lipinski definition) is 2. The van der Waals surface area contributed by atoms with Crippen LogP contribution >= 0.6 is 0 Å². The zero-order valence-corrected chi connectivity index (χ0v) is 17.6. The first-order chi connectivity index (χ1) is 15.2. The zero-order valence-electron chi connectivity index (χ0n) is 17.6. The number of methoxy groups -OCH3 is 2. The van der Waals surface area contributed by atoms with Crippen LogP contribution in [-0.4, -0.2) is 30.1 Å². The Hall–Kier alpha value is -3.80. The van der Waals surface area contributed by atoms with Crippen molar-refractivity contribution in [1.29, 1.82) is 0 Å². The Labute approximate surface area is 181 Å². The fraction of sp³-hybridized carbons (Fsp3) is 0.200. The number of carbonyl (C=O) groups is 1. The van der Waals surface area contributed by atoms with Crippen molar-refractivity contribution < 1.29 is 14.3 Å². The molecule has 31 heavy (non-hydrogen) atoms. The number of carbonyl (C=O) groups excluding carboxylic acids is 1. The standard InChI is InChI=1S/C25H25N3O3/c1-30-18-9-10-20(24(12-18)31-2)21(22-16-27-23-8-4-3-7-19(22)23)13-25(29)28-15-17-6-5-11-26-14-17/h3-12,14,16,21,27H,13,15H2,1-2H3,(H,28,29)/t21-/m0/s1. The number of benzene rings is 2. The molecule has 6 heteroatoms. The second-order valence-electron chi connectivity index (χ2n) is 7.29. The Bertz CT molecular complexity index is 1170. The molecule has 0 radical (unpaired) electrons. The summed E-state index contributed by atoms with van der Waals surface area (Å²) >= 11 is 0. The normalized spacial score (nSPS) is 11.8. The molecule has 1 amide bonds. The fourth-order valence-electron chi connectivity index (χ4n) is 3.84. The molecule has 0 fully saturated rings. The maximum atomic E-state index is 12.9. The molecular weight excluding hydrogens is 390 g/mol. The first-order valence-electron chi connectivity index (χ1n) is 10.1. The fourth-order valence-corrected chi connectivity index (χ4v) is 3.84. The molecule has 1 atom stereocenters. The highest BCUT2D eigenvalue weighted by Crippen LogP contribution is 2.39. The molecule has 158 valence electrons. The lowest BCUT2D eigenvalue weighted by Crippen LogP contribution is -2.25. The first-order valence-corrected chi connectivity index (χ1v) is 10.1. The molecule has 0 spiro atoms. The molecule has 2 N–H and O–H groups in total. The third kappa shape index (κ3) is 4.53. The molecule has 6 nitrogen and oxygen atoms in total. The van der Waals surface area contributed by atoms with Crippen LogP contribution in [0.2, 0.25) is 0 Å². The molecule has 0 aliphatic carbocycles. The van der Waals surface area contributed by atoms with Gasteiger partial charge < -0.3 is 19.8 Å². The van der Waals surface area contributed by atoms with E-state index in [1.165, 1.54) is 0 Å². The predicted octanol–water partition coefficient (Wildman–Crippen LogP) is 4.42. The second kappa shape index (κ2) is 9.34. The van der Waals surface area contributed by atoms with E-state index in [-0.39, 0.29) is 18.2 Å². The second-order valence-corrected chi connectivity index (χ2v) is 7.29. The van der Waals surface area contributed by atoms with Gasteiger partial charge in [0.05, 0.1) is 14.2 Å². The van der Waals surface area contributed by atoms with Gasteiger partial charge in [0.25, 0.3) is 0 Å². The van der Waals surface area contributed by atoms with E-state index in [2.05, 4.69) is 21.4 Å². The predicted molar refractivity (Wildman–Crippen MR) is 120 cm³/mol. The van der Waals surface area contributed by atoms with E-state index in [4.69, 9.17) is 9.47 Å². The first kappa shape index (κ1) is 20.5. The number of amides is 1. The summed E-state index contributed by atoms with van der Waals surface area (Å²) in [5.74, 6) is 1.16. The topological polar surface area (TPSA) is 76.2 Å². The van der Waals surface area contributed by atoms with E-state index < -0.39 is 0 Å². The van der Waals surface area contributed by atoms with Crippen LogP contribution < -0.4 is 14.8 Å². The van der Waals surface area contributed by atoms with E-state index in [1.807, 2.05) is 54.7 Å². The van der Waals surface area contributed by atoms with Gasteiger partial charge in [0, 0.05) is 60.0 Å². The summed E-state index contributed by atoms with van der Waals surface area (Å²) in [6.45, 7) is 0.438. The van der Waals surface area contributed by atoms with Crippen molar-refractivity contribution in [3.05, 3.63) is 89.9 Å². The maximum Gasteiger partial charge on any atom is 0.221 e. The summed E-state index contributed by atoms with van der Waals surface area (Å²) < 4.78 is 11.0. The average Bonchev–Trinajstić information content (AvgIpc) is 3.25. The van der Waals surface area contributed by atoms with Crippen LogP contribution in [-0.2, 0) is 11.3 Å². The Morgan fingerprint density at radius 3 is 2.71 bits per heavy atom. The van der Waals surface area contributed by atoms with Crippen molar-refractivity contribution in [2.45, 2.75) is 18.9 Å². The summed E-state index contributed by atoms with van der Waals surface area (Å²) in [6, 6.07) is 17.6. The smallest absolute Gasteiger partial charge is 0.221 e. The third-order valence-electron chi connectivity index (χ3n) is 5.41. The van der Waals surface area contributed by atoms with Crippen LogP contribution in [0.1, 0.15) is 29.0 Å². The minimum Gasteiger partial charge on any atom is -0.497 e. The van der Waals surface area contributed by atoms with E-state index in [9.17, 15) is 4.79 Å². The van der Waals surface area contributed by atoms with Crippen molar-refractivity contribution >= 4 is 16.8 Å². The maximum absolute atomic E-state index is 12.9. The minimum atomic E-state index is -0.189. The lowest BCUT2D eigenvalue weighted by Gasteiger charge is -2.20. The van der Waals surface area contributed by atoms with Crippen LogP contribution in [0.5, 0.6) is 11.5 Å². The van der Waals surface area contributed by atoms with Gasteiger partial charge in [0.15, 0.2) is 0 Å². The van der Waals surface area contributed by atoms with E-state index in [0.717, 1.165) is 27.6 Å². The lowest BCUT2D eigenvalue weighted by molar-refractivity contribution is -0.121. The number of pyridine rings is 1. The zero-order chi connectivity index (χ0) is 21.6. The van der Waals surface area contributed by atoms with Gasteiger partial charge in [-0.15, -0.1) is 0 Å². The number of nitrogens with zero attached hydrogens (tertiary/aromatic N) is 1. The quantitative estimate of drug-likeness (QED) is 0.447. The Kier molecular flexibility index (Phi) is 6.17. The molecular formula is C25H25N3O3. The highest BCUT2D eigenvalue weighted by atomic mass is 16.5. The molecule has 0 bridgehead atoms. The van der Waals surface area contributed by atoms with Crippen LogP contribution in [0.3, 0.4) is 0 Å². The average molecular weight is 415 g/mol. The van der Waals surface area contributed by atoms with Crippen molar-refractivity contribution in [1.82, 2.24) is 15.3 Å². The van der Waals surface area contributed by atoms with E-state index in [1.54, 1.807) is 26.6 Å². The summed E-state index contributed by atoms with van der Waals surface area (Å²) in [7, 11) is 3.25. The molecule has 2 aromatic carbocycles. The van der Waals surface area contributed by atoms with Crippen molar-refractivity contribution in [2.24, 2.45) is 0 Å². The van der Waals surface area contributed by atoms with Crippen molar-refractivity contribution in [3.8, 4) is 11.5 Å². The lowest BCUT2D eigenvalue weighted by atomic mass is 9.87. The summed E-state index contributed by atoms with van der Waals surface area (Å²) in [5, 5.41) is 4.10. The molecule has 2 aromatic heterocycles. The molecule has 4 rings (SSSR count). The van der Waals surface area contributed by atoms with Gasteiger partial charge in [0.2, 0.25) is 5.91 Å². The Balaban J connectivity index is 1.67. The number of aromatic nitrogens is 2. The molecule has 0 aliphatic heterocycles. The number of nitrogens with one attached hydrogen (secondary N) is 2. The molecule has 0 saturated heterocycles. The number of fused-ring (bicyclic) bond motifs is 1.